The van der Waals surface area contributed by atoms with E-state index in [0.717, 1.165) is 37.4 Å². The normalized spacial score (nSPS) is 15.5. The van der Waals surface area contributed by atoms with E-state index in [1.807, 2.05) is 24.3 Å². The molecular weight excluding hydrogens is 333 g/mol. The van der Waals surface area contributed by atoms with Crippen molar-refractivity contribution in [2.45, 2.75) is 12.8 Å². The minimum absolute atomic E-state index is 0.00674. The second-order valence-electron chi connectivity index (χ2n) is 5.57. The second kappa shape index (κ2) is 7.20. The van der Waals surface area contributed by atoms with Crippen LogP contribution < -0.4 is 10.2 Å². The molecule has 1 N–H and O–H groups in total. The fraction of sp³-hybridized carbons (Fsp3) is 0.294. The molecule has 0 bridgehead atoms. The van der Waals surface area contributed by atoms with Crippen molar-refractivity contribution in [2.24, 2.45) is 5.92 Å². The second-order valence-corrected chi connectivity index (χ2v) is 6.41. The maximum atomic E-state index is 12.4. The number of hydrogen-bond donors (Lipinski definition) is 1. The van der Waals surface area contributed by atoms with Crippen LogP contribution >= 0.6 is 23.2 Å². The number of hydrogen-bond acceptors (Lipinski definition) is 3. The van der Waals surface area contributed by atoms with Crippen LogP contribution in [0.3, 0.4) is 0 Å². The highest BCUT2D eigenvalue weighted by atomic mass is 35.5. The van der Waals surface area contributed by atoms with Crippen LogP contribution in [0.25, 0.3) is 0 Å². The Labute approximate surface area is 145 Å². The van der Waals surface area contributed by atoms with E-state index in [4.69, 9.17) is 23.2 Å². The molecule has 1 aromatic carbocycles. The summed E-state index contributed by atoms with van der Waals surface area (Å²) in [4.78, 5) is 18.8. The molecule has 6 heteroatoms. The first-order chi connectivity index (χ1) is 11.1. The van der Waals surface area contributed by atoms with Gasteiger partial charge in [-0.25, -0.2) is 4.98 Å². The molecule has 0 atom stereocenters. The zero-order chi connectivity index (χ0) is 16.2. The number of carbonyl (C=O) groups excluding carboxylic acids is 1. The number of amides is 1. The number of carbonyl (C=O) groups is 1. The predicted octanol–water partition coefficient (Wildman–Crippen LogP) is 4.24. The molecule has 2 aromatic rings. The number of benzene rings is 1. The van der Waals surface area contributed by atoms with Gasteiger partial charge in [0.1, 0.15) is 5.82 Å². The molecule has 2 heterocycles. The molecule has 1 amide bonds. The molecule has 0 unspecified atom stereocenters. The van der Waals surface area contributed by atoms with Gasteiger partial charge < -0.3 is 10.2 Å². The minimum atomic E-state index is -0.00674. The van der Waals surface area contributed by atoms with Gasteiger partial charge >= 0.3 is 0 Å². The van der Waals surface area contributed by atoms with Gasteiger partial charge in [0.2, 0.25) is 5.91 Å². The van der Waals surface area contributed by atoms with Crippen LogP contribution in [0.15, 0.2) is 42.6 Å². The van der Waals surface area contributed by atoms with E-state index in [1.165, 1.54) is 0 Å². The van der Waals surface area contributed by atoms with Crippen molar-refractivity contribution in [3.05, 3.63) is 52.6 Å². The van der Waals surface area contributed by atoms with Crippen molar-refractivity contribution in [3.63, 3.8) is 0 Å². The zero-order valence-electron chi connectivity index (χ0n) is 12.5. The first-order valence-corrected chi connectivity index (χ1v) is 8.31. The highest BCUT2D eigenvalue weighted by molar-refractivity contribution is 6.33. The lowest BCUT2D eigenvalue weighted by molar-refractivity contribution is -0.120. The van der Waals surface area contributed by atoms with Gasteiger partial charge in [-0.2, -0.15) is 0 Å². The maximum Gasteiger partial charge on any atom is 0.227 e. The highest BCUT2D eigenvalue weighted by Gasteiger charge is 2.26. The molecular formula is C17H17Cl2N3O. The van der Waals surface area contributed by atoms with Gasteiger partial charge in [0.25, 0.3) is 0 Å². The van der Waals surface area contributed by atoms with Gasteiger partial charge in [-0.1, -0.05) is 29.3 Å². The van der Waals surface area contributed by atoms with Crippen LogP contribution in [0, 0.1) is 5.92 Å². The van der Waals surface area contributed by atoms with Gasteiger partial charge in [0, 0.05) is 35.9 Å². The van der Waals surface area contributed by atoms with Crippen LogP contribution in [-0.2, 0) is 4.79 Å². The summed E-state index contributed by atoms with van der Waals surface area (Å²) in [5.74, 6) is 0.828. The van der Waals surface area contributed by atoms with Crippen molar-refractivity contribution in [1.82, 2.24) is 4.98 Å². The third-order valence-corrected chi connectivity index (χ3v) is 4.53. The summed E-state index contributed by atoms with van der Waals surface area (Å²) in [6.45, 7) is 1.54. The molecule has 1 aliphatic rings. The van der Waals surface area contributed by atoms with E-state index < -0.39 is 0 Å². The van der Waals surface area contributed by atoms with Gasteiger partial charge in [0.05, 0.1) is 5.02 Å². The predicted molar refractivity (Wildman–Crippen MR) is 94.3 cm³/mol. The van der Waals surface area contributed by atoms with Crippen molar-refractivity contribution in [1.29, 1.82) is 0 Å². The SMILES string of the molecule is O=C(Nc1cccc(Cl)c1)C1CCN(c2ncccc2Cl)CC1. The third kappa shape index (κ3) is 3.95. The minimum Gasteiger partial charge on any atom is -0.355 e. The first kappa shape index (κ1) is 16.1. The van der Waals surface area contributed by atoms with Gasteiger partial charge in [0.15, 0.2) is 0 Å². The van der Waals surface area contributed by atoms with Crippen LogP contribution in [0.5, 0.6) is 0 Å². The summed E-state index contributed by atoms with van der Waals surface area (Å²) < 4.78 is 0. The van der Waals surface area contributed by atoms with Crippen molar-refractivity contribution < 1.29 is 4.79 Å². The van der Waals surface area contributed by atoms with Crippen LogP contribution in [0.2, 0.25) is 10.0 Å². The Hall–Kier alpha value is -1.78. The molecule has 3 rings (SSSR count). The number of aromatic nitrogens is 1. The Morgan fingerprint density at radius 3 is 2.65 bits per heavy atom. The molecule has 1 aromatic heterocycles. The number of halogens is 2. The number of anilines is 2. The Morgan fingerprint density at radius 2 is 1.96 bits per heavy atom. The zero-order valence-corrected chi connectivity index (χ0v) is 14.0. The molecule has 0 saturated carbocycles. The average Bonchev–Trinajstić information content (AvgIpc) is 2.55. The van der Waals surface area contributed by atoms with Crippen LogP contribution in [0.4, 0.5) is 11.5 Å². The maximum absolute atomic E-state index is 12.4. The Morgan fingerprint density at radius 1 is 1.17 bits per heavy atom. The summed E-state index contributed by atoms with van der Waals surface area (Å²) in [6, 6.07) is 10.9. The smallest absolute Gasteiger partial charge is 0.227 e. The quantitative estimate of drug-likeness (QED) is 0.900. The Kier molecular flexibility index (Phi) is 5.03. The molecule has 0 aliphatic carbocycles. The average molecular weight is 350 g/mol. The van der Waals surface area contributed by atoms with E-state index in [9.17, 15) is 4.79 Å². The fourth-order valence-corrected chi connectivity index (χ4v) is 3.21. The van der Waals surface area contributed by atoms with Crippen LogP contribution in [0.1, 0.15) is 12.8 Å². The van der Waals surface area contributed by atoms with E-state index >= 15 is 0 Å². The third-order valence-electron chi connectivity index (χ3n) is 4.00. The molecule has 0 spiro atoms. The molecule has 120 valence electrons. The van der Waals surface area contributed by atoms with Crippen molar-refractivity contribution in [2.75, 3.05) is 23.3 Å². The topological polar surface area (TPSA) is 45.2 Å². The van der Waals surface area contributed by atoms with Gasteiger partial charge in [-0.05, 0) is 43.2 Å². The number of nitrogens with zero attached hydrogens (tertiary/aromatic N) is 2. The summed E-state index contributed by atoms with van der Waals surface area (Å²) in [6.07, 6.45) is 3.29. The molecule has 1 fully saturated rings. The van der Waals surface area contributed by atoms with E-state index in [-0.39, 0.29) is 11.8 Å². The largest absolute Gasteiger partial charge is 0.355 e. The Balaban J connectivity index is 1.58. The lowest BCUT2D eigenvalue weighted by Crippen LogP contribution is -2.38. The van der Waals surface area contributed by atoms with Crippen molar-refractivity contribution in [3.8, 4) is 0 Å². The monoisotopic (exact) mass is 349 g/mol. The molecule has 0 radical (unpaired) electrons. The van der Waals surface area contributed by atoms with Crippen LogP contribution in [-0.4, -0.2) is 24.0 Å². The highest BCUT2D eigenvalue weighted by Crippen LogP contribution is 2.28. The standard InChI is InChI=1S/C17H17Cl2N3O/c18-13-3-1-4-14(11-13)21-17(23)12-6-9-22(10-7-12)16-15(19)5-2-8-20-16/h1-5,8,11-12H,6-7,9-10H2,(H,21,23). The lowest BCUT2D eigenvalue weighted by atomic mass is 9.96. The first-order valence-electron chi connectivity index (χ1n) is 7.55. The summed E-state index contributed by atoms with van der Waals surface area (Å²) >= 11 is 12.1. The molecule has 4 nitrogen and oxygen atoms in total. The van der Waals surface area contributed by atoms with E-state index in [1.54, 1.807) is 18.3 Å². The summed E-state index contributed by atoms with van der Waals surface area (Å²) in [7, 11) is 0. The summed E-state index contributed by atoms with van der Waals surface area (Å²) in [5.41, 5.74) is 0.734. The number of nitrogens with one attached hydrogen (secondary N) is 1. The van der Waals surface area contributed by atoms with E-state index in [2.05, 4.69) is 15.2 Å². The van der Waals surface area contributed by atoms with E-state index in [0.29, 0.717) is 10.0 Å². The molecule has 1 aliphatic heterocycles. The Bertz CT molecular complexity index is 700. The number of rotatable bonds is 3. The van der Waals surface area contributed by atoms with Crippen molar-refractivity contribution >= 4 is 40.6 Å². The lowest BCUT2D eigenvalue weighted by Gasteiger charge is -2.32. The summed E-state index contributed by atoms with van der Waals surface area (Å²) in [5, 5.41) is 4.20. The molecule has 1 saturated heterocycles. The fourth-order valence-electron chi connectivity index (χ4n) is 2.77. The molecule has 23 heavy (non-hydrogen) atoms. The number of pyridine rings is 1. The van der Waals surface area contributed by atoms with Gasteiger partial charge in [-0.3, -0.25) is 4.79 Å². The number of piperidine rings is 1. The van der Waals surface area contributed by atoms with Gasteiger partial charge in [-0.15, -0.1) is 0 Å².